The van der Waals surface area contributed by atoms with Crippen molar-refractivity contribution < 1.29 is 133 Å². The van der Waals surface area contributed by atoms with Crippen LogP contribution in [0.1, 0.15) is 62.6 Å². The molecule has 0 bridgehead atoms. The van der Waals surface area contributed by atoms with Crippen LogP contribution in [-0.2, 0) is 38.0 Å². The maximum Gasteiger partial charge on any atom is 1.00 e. The minimum Gasteiger partial charge on any atom is -0.508 e. The average Bonchev–Trinajstić information content (AvgIpc) is 3.24. The van der Waals surface area contributed by atoms with Crippen molar-refractivity contribution in [2.24, 2.45) is 5.73 Å². The van der Waals surface area contributed by atoms with Crippen LogP contribution in [0.4, 0.5) is 13.2 Å². The maximum atomic E-state index is 14.1. The third kappa shape index (κ3) is 27.4. The molecule has 2 aromatic rings. The zero-order valence-corrected chi connectivity index (χ0v) is 39.8. The van der Waals surface area contributed by atoms with E-state index in [1.54, 1.807) is 24.3 Å². The van der Waals surface area contributed by atoms with E-state index in [1.807, 2.05) is 12.5 Å². The number of phenols is 1. The van der Waals surface area contributed by atoms with Crippen molar-refractivity contribution >= 4 is 11.7 Å². The molecular weight excluding hydrogens is 853 g/mol. The van der Waals surface area contributed by atoms with Gasteiger partial charge in [-0.05, 0) is 49.9 Å². The molecule has 3 atom stereocenters. The summed E-state index contributed by atoms with van der Waals surface area (Å²) in [5, 5.41) is 44.3. The summed E-state index contributed by atoms with van der Waals surface area (Å²) in [6.45, 7) is 11.8. The Kier molecular flexibility index (Phi) is 36.1. The average molecular weight is 919 g/mol. The first-order chi connectivity index (χ1) is 29.2. The maximum absolute atomic E-state index is 14.1. The Morgan fingerprint density at radius 3 is 1.74 bits per heavy atom. The first-order valence-electron chi connectivity index (χ1n) is 20.2. The number of aliphatic hydroxyl groups excluding tert-OH is 2. The number of nitrogens with two attached hydrogens (primary N) is 1. The zero-order chi connectivity index (χ0) is 45.4. The molecule has 16 nitrogen and oxygen atoms in total. The van der Waals surface area contributed by atoms with E-state index in [4.69, 9.17) is 59.5 Å². The topological polar surface area (TPSA) is 221 Å². The molecule has 0 saturated carbocycles. The number of hydroxylamine groups is 2. The van der Waals surface area contributed by atoms with Gasteiger partial charge >= 0.3 is 57.4 Å². The van der Waals surface area contributed by atoms with Gasteiger partial charge in [0.15, 0.2) is 11.6 Å². The molecule has 0 spiro atoms. The molecule has 0 radical (unpaired) electrons. The molecule has 62 heavy (non-hydrogen) atoms. The van der Waals surface area contributed by atoms with E-state index in [9.17, 15) is 23.1 Å². The number of hydrogen-bond acceptors (Lipinski definition) is 16. The van der Waals surface area contributed by atoms with Crippen LogP contribution in [0.5, 0.6) is 11.5 Å². The first-order valence-corrected chi connectivity index (χ1v) is 20.2. The molecule has 350 valence electrons. The number of allylic oxidation sites excluding steroid dienone is 1. The molecule has 1 saturated heterocycles. The SMILES string of the molecule is CCCOCCOCCOCCOCCOCCOCCC(=O)Oc1c(F)c(C)c(C)c(F)c1F.CC[CH-]/C=C(\N)c1ccc(O)cc1.OC1COC(CCN(O)O)CC1O.[K+]. The Hall–Kier alpha value is -1.93. The molecule has 2 aromatic carbocycles. The molecule has 20 heteroatoms. The zero-order valence-electron chi connectivity index (χ0n) is 36.7. The van der Waals surface area contributed by atoms with Crippen molar-refractivity contribution in [3.8, 4) is 11.5 Å². The van der Waals surface area contributed by atoms with Crippen LogP contribution in [0.3, 0.4) is 0 Å². The predicted octanol–water partition coefficient (Wildman–Crippen LogP) is 1.80. The fourth-order valence-electron chi connectivity index (χ4n) is 4.91. The molecular formula is C42H66F3KN2O14. The van der Waals surface area contributed by atoms with Gasteiger partial charge in [0.25, 0.3) is 0 Å². The van der Waals surface area contributed by atoms with Crippen molar-refractivity contribution in [2.75, 3.05) is 92.4 Å². The Labute approximate surface area is 405 Å². The Morgan fingerprint density at radius 2 is 1.27 bits per heavy atom. The van der Waals surface area contributed by atoms with E-state index in [2.05, 4.69) is 18.6 Å². The summed E-state index contributed by atoms with van der Waals surface area (Å²) in [4.78, 5) is 11.8. The van der Waals surface area contributed by atoms with Gasteiger partial charge in [0.2, 0.25) is 11.6 Å². The Bertz CT molecular complexity index is 1470. The summed E-state index contributed by atoms with van der Waals surface area (Å²) >= 11 is 0. The largest absolute Gasteiger partial charge is 1.00 e. The van der Waals surface area contributed by atoms with E-state index in [-0.39, 0.29) is 119 Å². The van der Waals surface area contributed by atoms with E-state index in [0.29, 0.717) is 65.7 Å². The molecule has 1 heterocycles. The number of carbonyl (C=O) groups is 1. The van der Waals surface area contributed by atoms with E-state index in [0.717, 1.165) is 30.7 Å². The van der Waals surface area contributed by atoms with Crippen LogP contribution in [0.25, 0.3) is 5.70 Å². The number of carbonyl (C=O) groups excluding carboxylic acids is 1. The number of aromatic hydroxyl groups is 1. The molecule has 7 N–H and O–H groups in total. The molecule has 3 rings (SSSR count). The van der Waals surface area contributed by atoms with Crippen LogP contribution in [-0.4, -0.2) is 148 Å². The Balaban J connectivity index is 0.00000111. The minimum absolute atomic E-state index is 0. The molecule has 3 unspecified atom stereocenters. The van der Waals surface area contributed by atoms with Crippen molar-refractivity contribution in [1.29, 1.82) is 0 Å². The number of benzene rings is 2. The van der Waals surface area contributed by atoms with Gasteiger partial charge in [-0.2, -0.15) is 4.39 Å². The van der Waals surface area contributed by atoms with Crippen LogP contribution in [0.2, 0.25) is 0 Å². The van der Waals surface area contributed by atoms with Gasteiger partial charge in [-0.1, -0.05) is 36.8 Å². The fourth-order valence-corrected chi connectivity index (χ4v) is 4.91. The molecule has 0 aliphatic carbocycles. The van der Waals surface area contributed by atoms with Crippen molar-refractivity contribution in [1.82, 2.24) is 5.23 Å². The minimum atomic E-state index is -1.53. The van der Waals surface area contributed by atoms with Crippen LogP contribution in [0, 0.1) is 37.7 Å². The number of phenolic OH excluding ortho intramolecular Hbond substituents is 1. The van der Waals surface area contributed by atoms with Gasteiger partial charge in [-0.15, -0.1) is 12.1 Å². The second kappa shape index (κ2) is 37.3. The summed E-state index contributed by atoms with van der Waals surface area (Å²) in [5.74, 6) is -5.59. The number of ether oxygens (including phenoxy) is 8. The van der Waals surface area contributed by atoms with Crippen molar-refractivity contribution in [3.63, 3.8) is 0 Å². The number of rotatable bonds is 27. The number of halogens is 3. The van der Waals surface area contributed by atoms with Crippen molar-refractivity contribution in [2.45, 2.75) is 78.1 Å². The van der Waals surface area contributed by atoms with Gasteiger partial charge in [0.05, 0.1) is 104 Å². The second-order valence-electron chi connectivity index (χ2n) is 13.4. The summed E-state index contributed by atoms with van der Waals surface area (Å²) in [6, 6.07) is 6.85. The third-order valence-corrected chi connectivity index (χ3v) is 8.52. The number of esters is 1. The van der Waals surface area contributed by atoms with Gasteiger partial charge in [-0.3, -0.25) is 15.2 Å². The number of unbranched alkanes of at least 4 members (excludes halogenated alkanes) is 1. The monoisotopic (exact) mass is 918 g/mol. The number of hydrogen-bond donors (Lipinski definition) is 6. The van der Waals surface area contributed by atoms with Crippen molar-refractivity contribution in [3.05, 3.63) is 70.9 Å². The number of nitrogens with zero attached hydrogens (tertiary/aromatic N) is 1. The van der Waals surface area contributed by atoms with E-state index >= 15 is 0 Å². The first kappa shape index (κ1) is 60.1. The summed E-state index contributed by atoms with van der Waals surface area (Å²) in [5.41, 5.74) is 7.14. The Morgan fingerprint density at radius 1 is 0.790 bits per heavy atom. The van der Waals surface area contributed by atoms with Gasteiger partial charge in [0.1, 0.15) is 11.9 Å². The van der Waals surface area contributed by atoms with Gasteiger partial charge < -0.3 is 58.9 Å². The summed E-state index contributed by atoms with van der Waals surface area (Å²) < 4.78 is 83.4. The van der Waals surface area contributed by atoms with Gasteiger partial charge in [-0.25, -0.2) is 21.3 Å². The molecule has 1 aliphatic heterocycles. The summed E-state index contributed by atoms with van der Waals surface area (Å²) in [6.07, 6.45) is 4.52. The summed E-state index contributed by atoms with van der Waals surface area (Å²) in [7, 11) is 0. The standard InChI is InChI=1S/C24H37F3O8.C11H14NO.C7H15NO5.K/c1-4-6-29-8-10-31-12-14-33-16-17-34-15-13-32-11-9-30-7-5-20(28)35-24-22(26)19(3)18(2)21(25)23(24)27;1-2-3-4-11(12)9-5-7-10(13)8-6-9;9-6-3-5(1-2-8(11)12)13-4-7(6)10;/h4-17H2,1-3H3;3-8,13H,2,12H2,1H3;5-7,9-12H,1-4H2;/q;-1;;+1/b;11-4-;;. The smallest absolute Gasteiger partial charge is 0.508 e. The second-order valence-corrected chi connectivity index (χ2v) is 13.4. The fraction of sp³-hybridized carbons (Fsp3) is 0.619. The van der Waals surface area contributed by atoms with Gasteiger partial charge in [0, 0.05) is 13.0 Å². The normalized spacial score (nSPS) is 16.1. The third-order valence-electron chi connectivity index (χ3n) is 8.52. The van der Waals surface area contributed by atoms with Crippen LogP contribution >= 0.6 is 0 Å². The molecule has 0 amide bonds. The van der Waals surface area contributed by atoms with E-state index in [1.165, 1.54) is 13.8 Å². The van der Waals surface area contributed by atoms with Crippen LogP contribution < -0.4 is 61.9 Å². The number of aliphatic hydroxyl groups is 2. The molecule has 0 aromatic heterocycles. The molecule has 1 aliphatic rings. The van der Waals surface area contributed by atoms with E-state index < -0.39 is 41.4 Å². The van der Waals surface area contributed by atoms with Crippen LogP contribution in [0.15, 0.2) is 30.3 Å². The quantitative estimate of drug-likeness (QED) is 0.0143. The predicted molar refractivity (Wildman–Crippen MR) is 217 cm³/mol. The molecule has 1 fully saturated rings.